The van der Waals surface area contributed by atoms with E-state index in [1.165, 1.54) is 19.4 Å². The van der Waals surface area contributed by atoms with E-state index in [0.29, 0.717) is 16.5 Å². The number of aromatic hydroxyl groups is 1. The highest BCUT2D eigenvalue weighted by Gasteiger charge is 2.12. The van der Waals surface area contributed by atoms with Crippen LogP contribution >= 0.6 is 0 Å². The molecule has 76 valence electrons. The Hall–Kier alpha value is -2.10. The molecule has 1 heterocycles. The maximum Gasteiger partial charge on any atom is 0.340 e. The maximum atomic E-state index is 11.4. The first kappa shape index (κ1) is 9.45. The largest absolute Gasteiger partial charge is 0.507 e. The van der Waals surface area contributed by atoms with E-state index in [2.05, 4.69) is 9.72 Å². The van der Waals surface area contributed by atoms with Crippen molar-refractivity contribution in [2.45, 2.75) is 0 Å². The summed E-state index contributed by atoms with van der Waals surface area (Å²) in [6, 6.07) is 6.46. The van der Waals surface area contributed by atoms with Gasteiger partial charge < -0.3 is 9.84 Å². The van der Waals surface area contributed by atoms with Crippen molar-refractivity contribution in [3.63, 3.8) is 0 Å². The van der Waals surface area contributed by atoms with Crippen molar-refractivity contribution in [2.75, 3.05) is 7.11 Å². The molecule has 0 fully saturated rings. The predicted molar refractivity (Wildman–Crippen MR) is 54.7 cm³/mol. The number of pyridine rings is 1. The molecule has 1 N–H and O–H groups in total. The summed E-state index contributed by atoms with van der Waals surface area (Å²) in [5, 5.41) is 10.1. The Kier molecular flexibility index (Phi) is 2.25. The number of benzene rings is 1. The molecule has 4 heteroatoms. The number of aromatic nitrogens is 1. The van der Waals surface area contributed by atoms with Crippen molar-refractivity contribution in [3.8, 4) is 5.75 Å². The van der Waals surface area contributed by atoms with Crippen molar-refractivity contribution >= 4 is 16.9 Å². The van der Waals surface area contributed by atoms with Gasteiger partial charge >= 0.3 is 5.97 Å². The van der Waals surface area contributed by atoms with Crippen molar-refractivity contribution < 1.29 is 14.6 Å². The zero-order chi connectivity index (χ0) is 10.8. The second-order valence-corrected chi connectivity index (χ2v) is 3.02. The van der Waals surface area contributed by atoms with Crippen molar-refractivity contribution in [2.24, 2.45) is 0 Å². The number of carbonyl (C=O) groups excluding carboxylic acids is 1. The number of nitrogens with zero attached hydrogens (tertiary/aromatic N) is 1. The maximum absolute atomic E-state index is 11.4. The molecule has 1 aromatic carbocycles. The van der Waals surface area contributed by atoms with Crippen LogP contribution in [0.5, 0.6) is 5.75 Å². The monoisotopic (exact) mass is 203 g/mol. The standard InChI is InChI=1S/C11H9NO3/c1-15-11(14)8-4-2-3-7-9(13)5-6-12-10(7)8/h2-6H,1H3,(H,12,13). The van der Waals surface area contributed by atoms with Gasteiger partial charge in [0.05, 0.1) is 18.2 Å². The third-order valence-electron chi connectivity index (χ3n) is 2.15. The van der Waals surface area contributed by atoms with E-state index in [1.54, 1.807) is 18.2 Å². The van der Waals surface area contributed by atoms with E-state index in [9.17, 15) is 9.90 Å². The van der Waals surface area contributed by atoms with Gasteiger partial charge in [0.15, 0.2) is 0 Å². The molecule has 2 rings (SSSR count). The summed E-state index contributed by atoms with van der Waals surface area (Å²) >= 11 is 0. The first-order valence-electron chi connectivity index (χ1n) is 4.39. The average Bonchev–Trinajstić information content (AvgIpc) is 2.28. The Labute approximate surface area is 86.1 Å². The molecule has 2 aromatic rings. The second-order valence-electron chi connectivity index (χ2n) is 3.02. The fourth-order valence-electron chi connectivity index (χ4n) is 1.44. The lowest BCUT2D eigenvalue weighted by atomic mass is 10.1. The third kappa shape index (κ3) is 1.50. The summed E-state index contributed by atoms with van der Waals surface area (Å²) in [7, 11) is 1.31. The Balaban J connectivity index is 2.77. The number of methoxy groups -OCH3 is 1. The number of fused-ring (bicyclic) bond motifs is 1. The van der Waals surface area contributed by atoms with Crippen LogP contribution in [0.4, 0.5) is 0 Å². The van der Waals surface area contributed by atoms with Crippen LogP contribution in [-0.2, 0) is 4.74 Å². The van der Waals surface area contributed by atoms with Crippen molar-refractivity contribution in [1.29, 1.82) is 0 Å². The van der Waals surface area contributed by atoms with E-state index in [-0.39, 0.29) is 5.75 Å². The highest BCUT2D eigenvalue weighted by molar-refractivity contribution is 6.03. The van der Waals surface area contributed by atoms with Crippen LogP contribution in [-0.4, -0.2) is 23.2 Å². The van der Waals surface area contributed by atoms with Gasteiger partial charge in [0.2, 0.25) is 0 Å². The van der Waals surface area contributed by atoms with Crippen molar-refractivity contribution in [1.82, 2.24) is 4.98 Å². The number of rotatable bonds is 1. The minimum absolute atomic E-state index is 0.103. The minimum Gasteiger partial charge on any atom is -0.507 e. The molecule has 15 heavy (non-hydrogen) atoms. The van der Waals surface area contributed by atoms with Crippen LogP contribution in [0.2, 0.25) is 0 Å². The summed E-state index contributed by atoms with van der Waals surface area (Å²) in [5.41, 5.74) is 0.801. The van der Waals surface area contributed by atoms with Gasteiger partial charge in [-0.1, -0.05) is 6.07 Å². The predicted octanol–water partition coefficient (Wildman–Crippen LogP) is 1.73. The van der Waals surface area contributed by atoms with E-state index in [4.69, 9.17) is 0 Å². The minimum atomic E-state index is -0.460. The molecular weight excluding hydrogens is 194 g/mol. The molecule has 0 aliphatic rings. The molecule has 0 spiro atoms. The van der Waals surface area contributed by atoms with Crippen LogP contribution in [0.1, 0.15) is 10.4 Å². The van der Waals surface area contributed by atoms with Crippen LogP contribution in [0.3, 0.4) is 0 Å². The van der Waals surface area contributed by atoms with Gasteiger partial charge in [-0.15, -0.1) is 0 Å². The number of carbonyl (C=O) groups is 1. The van der Waals surface area contributed by atoms with Gasteiger partial charge in [0.1, 0.15) is 5.75 Å². The number of hydrogen-bond donors (Lipinski definition) is 1. The zero-order valence-electron chi connectivity index (χ0n) is 8.10. The molecule has 0 unspecified atom stereocenters. The number of esters is 1. The fourth-order valence-corrected chi connectivity index (χ4v) is 1.44. The molecule has 1 aromatic heterocycles. The fraction of sp³-hybridized carbons (Fsp3) is 0.0909. The Morgan fingerprint density at radius 2 is 2.20 bits per heavy atom. The molecule has 0 amide bonds. The lowest BCUT2D eigenvalue weighted by Gasteiger charge is -2.04. The van der Waals surface area contributed by atoms with Crippen LogP contribution in [0, 0.1) is 0 Å². The highest BCUT2D eigenvalue weighted by atomic mass is 16.5. The summed E-state index contributed by atoms with van der Waals surface area (Å²) in [6.45, 7) is 0. The van der Waals surface area contributed by atoms with Crippen LogP contribution < -0.4 is 0 Å². The Morgan fingerprint density at radius 1 is 1.40 bits per heavy atom. The summed E-state index contributed by atoms with van der Waals surface area (Å²) in [6.07, 6.45) is 1.45. The van der Waals surface area contributed by atoms with Gasteiger partial charge in [-0.25, -0.2) is 4.79 Å². The smallest absolute Gasteiger partial charge is 0.340 e. The van der Waals surface area contributed by atoms with Gasteiger partial charge in [0.25, 0.3) is 0 Å². The highest BCUT2D eigenvalue weighted by Crippen LogP contribution is 2.24. The SMILES string of the molecule is COC(=O)c1cccc2c(O)ccnc12. The number of hydrogen-bond acceptors (Lipinski definition) is 4. The van der Waals surface area contributed by atoms with Gasteiger partial charge in [-0.05, 0) is 18.2 Å². The topological polar surface area (TPSA) is 59.4 Å². The van der Waals surface area contributed by atoms with Crippen LogP contribution in [0.15, 0.2) is 30.5 Å². The third-order valence-corrected chi connectivity index (χ3v) is 2.15. The Bertz CT molecular complexity index is 522. The van der Waals surface area contributed by atoms with Gasteiger partial charge in [-0.2, -0.15) is 0 Å². The molecule has 0 bridgehead atoms. The van der Waals surface area contributed by atoms with E-state index >= 15 is 0 Å². The molecule has 4 nitrogen and oxygen atoms in total. The normalized spacial score (nSPS) is 10.2. The molecule has 0 radical (unpaired) electrons. The van der Waals surface area contributed by atoms with E-state index in [0.717, 1.165) is 0 Å². The summed E-state index contributed by atoms with van der Waals surface area (Å²) in [5.74, 6) is -0.357. The molecule has 0 atom stereocenters. The molecular formula is C11H9NO3. The van der Waals surface area contributed by atoms with Gasteiger partial charge in [0, 0.05) is 11.6 Å². The number of para-hydroxylation sites is 1. The lowest BCUT2D eigenvalue weighted by Crippen LogP contribution is -2.02. The zero-order valence-corrected chi connectivity index (χ0v) is 8.10. The van der Waals surface area contributed by atoms with Crippen LogP contribution in [0.25, 0.3) is 10.9 Å². The Morgan fingerprint density at radius 3 is 2.93 bits per heavy atom. The average molecular weight is 203 g/mol. The lowest BCUT2D eigenvalue weighted by molar-refractivity contribution is 0.0603. The number of ether oxygens (including phenoxy) is 1. The van der Waals surface area contributed by atoms with Crippen molar-refractivity contribution in [3.05, 3.63) is 36.0 Å². The molecule has 0 saturated carbocycles. The quantitative estimate of drug-likeness (QED) is 0.717. The molecule has 0 saturated heterocycles. The molecule has 0 aliphatic heterocycles. The first-order valence-corrected chi connectivity index (χ1v) is 4.39. The van der Waals surface area contributed by atoms with Gasteiger partial charge in [-0.3, -0.25) is 4.98 Å². The van der Waals surface area contributed by atoms with E-state index < -0.39 is 5.97 Å². The first-order chi connectivity index (χ1) is 7.24. The summed E-state index contributed by atoms with van der Waals surface area (Å²) in [4.78, 5) is 15.4. The second kappa shape index (κ2) is 3.57. The molecule has 0 aliphatic carbocycles. The van der Waals surface area contributed by atoms with E-state index in [1.807, 2.05) is 0 Å². The summed E-state index contributed by atoms with van der Waals surface area (Å²) < 4.78 is 4.62.